The third-order valence-electron chi connectivity index (χ3n) is 3.63. The van der Waals surface area contributed by atoms with Gasteiger partial charge in [-0.25, -0.2) is 0 Å². The molecule has 15 heavy (non-hydrogen) atoms. The van der Waals surface area contributed by atoms with Crippen LogP contribution < -0.4 is 0 Å². The van der Waals surface area contributed by atoms with Crippen molar-refractivity contribution in [3.05, 3.63) is 0 Å². The van der Waals surface area contributed by atoms with E-state index in [4.69, 9.17) is 9.47 Å². The zero-order valence-corrected chi connectivity index (χ0v) is 9.37. The maximum atomic E-state index is 9.31. The van der Waals surface area contributed by atoms with Gasteiger partial charge in [-0.15, -0.1) is 0 Å². The summed E-state index contributed by atoms with van der Waals surface area (Å²) in [5.41, 5.74) is -0.174. The lowest BCUT2D eigenvalue weighted by atomic mass is 9.77. The molecule has 0 N–H and O–H groups in total. The minimum absolute atomic E-state index is 0.174. The van der Waals surface area contributed by atoms with Gasteiger partial charge in [0.1, 0.15) is 0 Å². The number of hydrogen-bond acceptors (Lipinski definition) is 3. The molecule has 0 aromatic carbocycles. The van der Waals surface area contributed by atoms with Crippen LogP contribution in [0.25, 0.3) is 0 Å². The van der Waals surface area contributed by atoms with Crippen molar-refractivity contribution in [2.45, 2.75) is 51.2 Å². The van der Waals surface area contributed by atoms with Crippen LogP contribution in [0.15, 0.2) is 0 Å². The molecule has 2 rings (SSSR count). The molecule has 0 spiro atoms. The fourth-order valence-electron chi connectivity index (χ4n) is 2.59. The summed E-state index contributed by atoms with van der Waals surface area (Å²) < 4.78 is 11.1. The molecule has 0 aromatic rings. The summed E-state index contributed by atoms with van der Waals surface area (Å²) in [6.45, 7) is 3.58. The number of nitriles is 1. The molecule has 2 aliphatic rings. The number of hydrogen-bond donors (Lipinski definition) is 0. The Morgan fingerprint density at radius 2 is 2.07 bits per heavy atom. The highest BCUT2D eigenvalue weighted by atomic mass is 16.5. The number of nitrogens with zero attached hydrogens (tertiary/aromatic N) is 1. The molecular formula is C12H19NO2. The van der Waals surface area contributed by atoms with Crippen LogP contribution in [-0.4, -0.2) is 25.4 Å². The first-order valence-corrected chi connectivity index (χ1v) is 5.89. The third kappa shape index (κ3) is 2.50. The smallest absolute Gasteiger partial charge is 0.0692 e. The second-order valence-corrected chi connectivity index (χ2v) is 4.85. The first-order chi connectivity index (χ1) is 7.24. The van der Waals surface area contributed by atoms with Gasteiger partial charge in [0.2, 0.25) is 0 Å². The molecule has 2 unspecified atom stereocenters. The molecule has 2 fully saturated rings. The summed E-state index contributed by atoms with van der Waals surface area (Å²) in [4.78, 5) is 0. The first kappa shape index (κ1) is 10.9. The molecule has 0 radical (unpaired) electrons. The average molecular weight is 209 g/mol. The average Bonchev–Trinajstić information content (AvgIpc) is 2.65. The molecule has 2 heterocycles. The van der Waals surface area contributed by atoms with Crippen LogP contribution in [0, 0.1) is 16.7 Å². The Bertz CT molecular complexity index is 253. The lowest BCUT2D eigenvalue weighted by Gasteiger charge is -2.32. The maximum absolute atomic E-state index is 9.31. The highest BCUT2D eigenvalue weighted by Crippen LogP contribution is 2.38. The Morgan fingerprint density at radius 3 is 2.60 bits per heavy atom. The molecular weight excluding hydrogens is 190 g/mol. The molecule has 84 valence electrons. The van der Waals surface area contributed by atoms with Gasteiger partial charge in [-0.1, -0.05) is 0 Å². The topological polar surface area (TPSA) is 42.2 Å². The van der Waals surface area contributed by atoms with Gasteiger partial charge in [0, 0.05) is 13.2 Å². The van der Waals surface area contributed by atoms with E-state index in [0.29, 0.717) is 12.2 Å². The van der Waals surface area contributed by atoms with Crippen LogP contribution in [0.3, 0.4) is 0 Å². The maximum Gasteiger partial charge on any atom is 0.0692 e. The summed E-state index contributed by atoms with van der Waals surface area (Å²) in [7, 11) is 0. The van der Waals surface area contributed by atoms with Gasteiger partial charge < -0.3 is 9.47 Å². The second-order valence-electron chi connectivity index (χ2n) is 4.85. The molecule has 0 aromatic heterocycles. The first-order valence-electron chi connectivity index (χ1n) is 5.89. The van der Waals surface area contributed by atoms with Gasteiger partial charge in [-0.05, 0) is 39.0 Å². The van der Waals surface area contributed by atoms with Gasteiger partial charge in [-0.3, -0.25) is 0 Å². The van der Waals surface area contributed by atoms with Crippen molar-refractivity contribution in [1.29, 1.82) is 5.26 Å². The van der Waals surface area contributed by atoms with Crippen LogP contribution in [-0.2, 0) is 9.47 Å². The Morgan fingerprint density at radius 1 is 1.33 bits per heavy atom. The zero-order valence-electron chi connectivity index (χ0n) is 9.37. The minimum atomic E-state index is -0.174. The van der Waals surface area contributed by atoms with Gasteiger partial charge in [0.05, 0.1) is 23.7 Å². The zero-order chi connectivity index (χ0) is 10.7. The molecule has 3 heteroatoms. The Kier molecular flexibility index (Phi) is 3.28. The van der Waals surface area contributed by atoms with Crippen LogP contribution in [0.4, 0.5) is 0 Å². The summed E-state index contributed by atoms with van der Waals surface area (Å²) >= 11 is 0. The Labute approximate surface area is 91.4 Å². The van der Waals surface area contributed by atoms with E-state index in [9.17, 15) is 5.26 Å². The standard InChI is InChI=1S/C12H19NO2/c1-10-2-3-11(15-10)8-12(9-13)4-6-14-7-5-12/h10-11H,2-8H2,1H3. The molecule has 0 bridgehead atoms. The monoisotopic (exact) mass is 209 g/mol. The van der Waals surface area contributed by atoms with Crippen LogP contribution >= 0.6 is 0 Å². The van der Waals surface area contributed by atoms with Crippen LogP contribution in [0.2, 0.25) is 0 Å². The Hall–Kier alpha value is -0.590. The summed E-state index contributed by atoms with van der Waals surface area (Å²) in [5, 5.41) is 9.31. The fourth-order valence-corrected chi connectivity index (χ4v) is 2.59. The summed E-state index contributed by atoms with van der Waals surface area (Å²) in [6.07, 6.45) is 5.59. The van der Waals surface area contributed by atoms with E-state index in [-0.39, 0.29) is 5.41 Å². The Balaban J connectivity index is 1.93. The van der Waals surface area contributed by atoms with E-state index >= 15 is 0 Å². The predicted octanol–water partition coefficient (Wildman–Crippen LogP) is 2.26. The number of rotatable bonds is 2. The van der Waals surface area contributed by atoms with Crippen molar-refractivity contribution >= 4 is 0 Å². The van der Waals surface area contributed by atoms with Gasteiger partial charge in [-0.2, -0.15) is 5.26 Å². The van der Waals surface area contributed by atoms with Gasteiger partial charge in [0.15, 0.2) is 0 Å². The highest BCUT2D eigenvalue weighted by Gasteiger charge is 2.37. The van der Waals surface area contributed by atoms with Gasteiger partial charge >= 0.3 is 0 Å². The lowest BCUT2D eigenvalue weighted by Crippen LogP contribution is -2.32. The lowest BCUT2D eigenvalue weighted by molar-refractivity contribution is -0.00839. The molecule has 0 amide bonds. The van der Waals surface area contributed by atoms with Crippen molar-refractivity contribution in [3.63, 3.8) is 0 Å². The van der Waals surface area contributed by atoms with E-state index in [1.54, 1.807) is 0 Å². The molecule has 2 atom stereocenters. The van der Waals surface area contributed by atoms with E-state index < -0.39 is 0 Å². The van der Waals surface area contributed by atoms with Crippen molar-refractivity contribution in [2.24, 2.45) is 5.41 Å². The molecule has 0 saturated carbocycles. The predicted molar refractivity (Wildman–Crippen MR) is 56.3 cm³/mol. The summed E-state index contributed by atoms with van der Waals surface area (Å²) in [6, 6.07) is 2.50. The SMILES string of the molecule is CC1CCC(CC2(C#N)CCOCC2)O1. The molecule has 2 aliphatic heterocycles. The third-order valence-corrected chi connectivity index (χ3v) is 3.63. The molecule has 3 nitrogen and oxygen atoms in total. The van der Waals surface area contributed by atoms with Gasteiger partial charge in [0.25, 0.3) is 0 Å². The van der Waals surface area contributed by atoms with Crippen LogP contribution in [0.1, 0.15) is 39.0 Å². The largest absolute Gasteiger partial charge is 0.381 e. The quantitative estimate of drug-likeness (QED) is 0.700. The van der Waals surface area contributed by atoms with Crippen molar-refractivity contribution < 1.29 is 9.47 Å². The minimum Gasteiger partial charge on any atom is -0.381 e. The second kappa shape index (κ2) is 4.51. The summed E-state index contributed by atoms with van der Waals surface area (Å²) in [5.74, 6) is 0. The fraction of sp³-hybridized carbons (Fsp3) is 0.917. The van der Waals surface area contributed by atoms with E-state index in [1.807, 2.05) is 0 Å². The normalized spacial score (nSPS) is 34.9. The van der Waals surface area contributed by atoms with E-state index in [2.05, 4.69) is 13.0 Å². The van der Waals surface area contributed by atoms with Crippen molar-refractivity contribution in [3.8, 4) is 6.07 Å². The number of ether oxygens (including phenoxy) is 2. The highest BCUT2D eigenvalue weighted by molar-refractivity contribution is 5.02. The van der Waals surface area contributed by atoms with Crippen molar-refractivity contribution in [2.75, 3.05) is 13.2 Å². The molecule has 2 saturated heterocycles. The van der Waals surface area contributed by atoms with E-state index in [1.165, 1.54) is 0 Å². The van der Waals surface area contributed by atoms with Crippen molar-refractivity contribution in [1.82, 2.24) is 0 Å². The van der Waals surface area contributed by atoms with Crippen LogP contribution in [0.5, 0.6) is 0 Å². The van der Waals surface area contributed by atoms with E-state index in [0.717, 1.165) is 45.3 Å². The molecule has 0 aliphatic carbocycles.